The Balaban J connectivity index is 2.90. The van der Waals surface area contributed by atoms with Crippen molar-refractivity contribution in [3.8, 4) is 0 Å². The second-order valence-corrected chi connectivity index (χ2v) is 10.5. The summed E-state index contributed by atoms with van der Waals surface area (Å²) in [7, 11) is -13.5. The molecule has 160 valence electrons. The SMILES string of the molecule is O=S(=O)(C(CC(O)COCC1CC=CCC1)S(=O)(=O)C(F)(F)F)C(F)(F)F. The second-order valence-electron chi connectivity index (χ2n) is 5.99. The van der Waals surface area contributed by atoms with Crippen LogP contribution in [0.15, 0.2) is 12.2 Å². The number of sulfone groups is 2. The van der Waals surface area contributed by atoms with Crippen molar-refractivity contribution in [1.29, 1.82) is 0 Å². The fourth-order valence-corrected chi connectivity index (χ4v) is 5.92. The number of ether oxygens (including phenoxy) is 1. The maximum Gasteiger partial charge on any atom is 0.498 e. The van der Waals surface area contributed by atoms with Gasteiger partial charge in [0, 0.05) is 13.0 Å². The van der Waals surface area contributed by atoms with E-state index in [1.165, 1.54) is 0 Å². The van der Waals surface area contributed by atoms with Crippen molar-refractivity contribution in [2.75, 3.05) is 13.2 Å². The minimum Gasteiger partial charge on any atom is -0.391 e. The third kappa shape index (κ3) is 6.06. The molecule has 1 aliphatic rings. The number of aliphatic hydroxyl groups is 1. The molecule has 1 rings (SSSR count). The lowest BCUT2D eigenvalue weighted by Gasteiger charge is -2.23. The predicted molar refractivity (Wildman–Crippen MR) is 81.7 cm³/mol. The first-order valence-electron chi connectivity index (χ1n) is 7.62. The number of hydrogen-bond donors (Lipinski definition) is 1. The molecule has 0 aromatic rings. The monoisotopic (exact) mass is 448 g/mol. The molecule has 6 nitrogen and oxygen atoms in total. The molecule has 0 aromatic carbocycles. The Morgan fingerprint density at radius 3 is 1.93 bits per heavy atom. The number of allylic oxidation sites excluding steroid dienone is 2. The first-order valence-corrected chi connectivity index (χ1v) is 10.7. The van der Waals surface area contributed by atoms with Gasteiger partial charge < -0.3 is 9.84 Å². The van der Waals surface area contributed by atoms with E-state index >= 15 is 0 Å². The Bertz CT molecular complexity index is 681. The first-order chi connectivity index (χ1) is 12.1. The van der Waals surface area contributed by atoms with E-state index in [1.54, 1.807) is 0 Å². The third-order valence-corrected chi connectivity index (χ3v) is 8.42. The van der Waals surface area contributed by atoms with E-state index in [0.29, 0.717) is 6.42 Å². The largest absolute Gasteiger partial charge is 0.498 e. The van der Waals surface area contributed by atoms with Crippen LogP contribution in [0.2, 0.25) is 0 Å². The summed E-state index contributed by atoms with van der Waals surface area (Å²) < 4.78 is 122. The predicted octanol–water partition coefficient (Wildman–Crippen LogP) is 2.31. The van der Waals surface area contributed by atoms with Crippen molar-refractivity contribution in [3.05, 3.63) is 12.2 Å². The fourth-order valence-electron chi connectivity index (χ4n) is 2.39. The molecule has 1 aliphatic carbocycles. The van der Waals surface area contributed by atoms with E-state index in [0.717, 1.165) is 12.8 Å². The van der Waals surface area contributed by atoms with E-state index in [4.69, 9.17) is 4.74 Å². The summed E-state index contributed by atoms with van der Waals surface area (Å²) >= 11 is 0. The highest BCUT2D eigenvalue weighted by Crippen LogP contribution is 2.38. The van der Waals surface area contributed by atoms with Crippen molar-refractivity contribution >= 4 is 19.7 Å². The summed E-state index contributed by atoms with van der Waals surface area (Å²) in [5, 5.41) is 9.60. The van der Waals surface area contributed by atoms with Crippen LogP contribution in [0.1, 0.15) is 25.7 Å². The van der Waals surface area contributed by atoms with Crippen LogP contribution in [0.5, 0.6) is 0 Å². The summed E-state index contributed by atoms with van der Waals surface area (Å²) in [4.78, 5) is 0. The van der Waals surface area contributed by atoms with Crippen LogP contribution < -0.4 is 0 Å². The molecule has 27 heavy (non-hydrogen) atoms. The molecule has 0 fully saturated rings. The standard InChI is InChI=1S/C13H18F6O6S2/c14-12(15,16)26(21,22)11(27(23,24)13(17,18)19)6-10(20)8-25-7-9-4-2-1-3-5-9/h1-2,9-11,20H,3-8H2. The van der Waals surface area contributed by atoms with E-state index in [1.807, 2.05) is 12.2 Å². The van der Waals surface area contributed by atoms with Gasteiger partial charge in [-0.1, -0.05) is 12.2 Å². The molecule has 0 heterocycles. The van der Waals surface area contributed by atoms with Crippen molar-refractivity contribution in [3.63, 3.8) is 0 Å². The van der Waals surface area contributed by atoms with Gasteiger partial charge in [0.2, 0.25) is 0 Å². The summed E-state index contributed by atoms with van der Waals surface area (Å²) in [6.07, 6.45) is 1.89. The normalized spacial score (nSPS) is 20.8. The van der Waals surface area contributed by atoms with Gasteiger partial charge in [-0.2, -0.15) is 26.3 Å². The Hall–Kier alpha value is -0.860. The number of aliphatic hydroxyl groups excluding tert-OH is 1. The van der Waals surface area contributed by atoms with Gasteiger partial charge in [-0.15, -0.1) is 0 Å². The lowest BCUT2D eigenvalue weighted by Crippen LogP contribution is -2.46. The zero-order valence-electron chi connectivity index (χ0n) is 13.7. The molecule has 2 atom stereocenters. The molecule has 14 heteroatoms. The van der Waals surface area contributed by atoms with Crippen LogP contribution in [0.3, 0.4) is 0 Å². The van der Waals surface area contributed by atoms with Crippen LogP contribution in [0.4, 0.5) is 26.3 Å². The molecule has 0 aromatic heterocycles. The highest BCUT2D eigenvalue weighted by atomic mass is 32.3. The second kappa shape index (κ2) is 8.66. The molecule has 0 bridgehead atoms. The van der Waals surface area contributed by atoms with Gasteiger partial charge in [0.05, 0.1) is 12.7 Å². The molecule has 0 aliphatic heterocycles. The fraction of sp³-hybridized carbons (Fsp3) is 0.846. The first kappa shape index (κ1) is 24.2. The van der Waals surface area contributed by atoms with Crippen molar-refractivity contribution in [2.45, 2.75) is 47.4 Å². The topological polar surface area (TPSA) is 97.7 Å². The van der Waals surface area contributed by atoms with Gasteiger partial charge in [0.15, 0.2) is 4.58 Å². The van der Waals surface area contributed by atoms with E-state index < -0.39 is 54.4 Å². The Labute approximate surface area is 152 Å². The van der Waals surface area contributed by atoms with Crippen molar-refractivity contribution in [1.82, 2.24) is 0 Å². The number of rotatable bonds is 8. The van der Waals surface area contributed by atoms with Crippen molar-refractivity contribution in [2.24, 2.45) is 5.92 Å². The van der Waals surface area contributed by atoms with Gasteiger partial charge in [0.25, 0.3) is 19.7 Å². The van der Waals surface area contributed by atoms with Crippen LogP contribution in [0.25, 0.3) is 0 Å². The minimum absolute atomic E-state index is 0.0239. The molecule has 2 unspecified atom stereocenters. The molecular weight excluding hydrogens is 430 g/mol. The number of hydrogen-bond acceptors (Lipinski definition) is 6. The van der Waals surface area contributed by atoms with E-state index in [-0.39, 0.29) is 12.5 Å². The van der Waals surface area contributed by atoms with Crippen molar-refractivity contribution < 1.29 is 53.0 Å². The van der Waals surface area contributed by atoms with E-state index in [2.05, 4.69) is 0 Å². The molecular formula is C13H18F6O6S2. The number of alkyl halides is 6. The van der Waals surface area contributed by atoms with Crippen LogP contribution in [-0.2, 0) is 24.4 Å². The summed E-state index contributed by atoms with van der Waals surface area (Å²) in [6, 6.07) is 0. The zero-order chi connectivity index (χ0) is 21.1. The molecule has 0 spiro atoms. The quantitative estimate of drug-likeness (QED) is 0.452. The van der Waals surface area contributed by atoms with Crippen LogP contribution in [-0.4, -0.2) is 56.9 Å². The molecule has 0 saturated carbocycles. The zero-order valence-corrected chi connectivity index (χ0v) is 15.3. The Kier molecular flexibility index (Phi) is 7.75. The highest BCUT2D eigenvalue weighted by molar-refractivity contribution is 8.09. The highest BCUT2D eigenvalue weighted by Gasteiger charge is 2.63. The smallest absolute Gasteiger partial charge is 0.391 e. The summed E-state index contributed by atoms with van der Waals surface area (Å²) in [5.74, 6) is 0.0239. The summed E-state index contributed by atoms with van der Waals surface area (Å²) in [6.45, 7) is -0.776. The van der Waals surface area contributed by atoms with Crippen LogP contribution in [0, 0.1) is 5.92 Å². The average molecular weight is 448 g/mol. The van der Waals surface area contributed by atoms with E-state index in [9.17, 15) is 48.3 Å². The van der Waals surface area contributed by atoms with Gasteiger partial charge in [-0.05, 0) is 25.2 Å². The average Bonchev–Trinajstić information content (AvgIpc) is 2.51. The Morgan fingerprint density at radius 2 is 1.52 bits per heavy atom. The number of halogens is 6. The molecule has 0 saturated heterocycles. The van der Waals surface area contributed by atoms with Gasteiger partial charge in [0.1, 0.15) is 0 Å². The molecule has 0 radical (unpaired) electrons. The lowest BCUT2D eigenvalue weighted by atomic mass is 9.95. The summed E-state index contributed by atoms with van der Waals surface area (Å²) in [5.41, 5.74) is -12.5. The van der Waals surface area contributed by atoms with Gasteiger partial charge >= 0.3 is 11.0 Å². The van der Waals surface area contributed by atoms with Crippen LogP contribution >= 0.6 is 0 Å². The molecule has 0 amide bonds. The minimum atomic E-state index is -6.75. The van der Waals surface area contributed by atoms with Gasteiger partial charge in [-0.25, -0.2) is 16.8 Å². The Morgan fingerprint density at radius 1 is 1.00 bits per heavy atom. The van der Waals surface area contributed by atoms with Gasteiger partial charge in [-0.3, -0.25) is 0 Å². The maximum atomic E-state index is 12.6. The molecule has 1 N–H and O–H groups in total. The lowest BCUT2D eigenvalue weighted by molar-refractivity contribution is -0.0482. The maximum absolute atomic E-state index is 12.6. The third-order valence-electron chi connectivity index (χ3n) is 3.84.